The van der Waals surface area contributed by atoms with Gasteiger partial charge in [-0.2, -0.15) is 5.10 Å². The molecule has 3 amide bonds. The number of allylic oxidation sites excluding steroid dienone is 1. The molecule has 0 aliphatic carbocycles. The second kappa shape index (κ2) is 8.43. The Balaban J connectivity index is 1.50. The topological polar surface area (TPSA) is 98.9 Å². The Morgan fingerprint density at radius 1 is 1.06 bits per heavy atom. The third kappa shape index (κ3) is 3.99. The second-order valence-electron chi connectivity index (χ2n) is 7.95. The van der Waals surface area contributed by atoms with Gasteiger partial charge in [-0.05, 0) is 54.4 Å². The smallest absolute Gasteiger partial charge is 0.319 e. The molecule has 2 heterocycles. The minimum atomic E-state index is -0.783. The predicted octanol–water partition coefficient (Wildman–Crippen LogP) is 4.77. The van der Waals surface area contributed by atoms with E-state index in [2.05, 4.69) is 26.1 Å². The summed E-state index contributed by atoms with van der Waals surface area (Å²) in [5.74, 6) is -1.78. The van der Waals surface area contributed by atoms with Crippen molar-refractivity contribution >= 4 is 28.5 Å². The zero-order chi connectivity index (χ0) is 23.8. The third-order valence-corrected chi connectivity index (χ3v) is 5.67. The van der Waals surface area contributed by atoms with Crippen LogP contribution >= 0.6 is 0 Å². The highest BCUT2D eigenvalue weighted by atomic mass is 19.1. The number of benzene rings is 3. The van der Waals surface area contributed by atoms with E-state index in [1.807, 2.05) is 0 Å². The summed E-state index contributed by atoms with van der Waals surface area (Å²) in [5.41, 5.74) is 3.39. The Kier molecular flexibility index (Phi) is 5.29. The van der Waals surface area contributed by atoms with E-state index in [0.29, 0.717) is 28.1 Å². The normalized spacial score (nSPS) is 15.7. The van der Waals surface area contributed by atoms with Crippen molar-refractivity contribution in [2.45, 2.75) is 13.0 Å². The van der Waals surface area contributed by atoms with Gasteiger partial charge in [0.15, 0.2) is 0 Å². The number of H-pyrrole nitrogens is 1. The number of nitrogens with one attached hydrogen (secondary N) is 4. The van der Waals surface area contributed by atoms with Gasteiger partial charge in [-0.25, -0.2) is 13.6 Å². The van der Waals surface area contributed by atoms with E-state index in [1.54, 1.807) is 55.6 Å². The number of urea groups is 1. The number of carbonyl (C=O) groups excluding carboxylic acids is 2. The Labute approximate surface area is 192 Å². The summed E-state index contributed by atoms with van der Waals surface area (Å²) in [6, 6.07) is 14.2. The van der Waals surface area contributed by atoms with Crippen LogP contribution in [0.25, 0.3) is 22.0 Å². The fourth-order valence-corrected chi connectivity index (χ4v) is 4.07. The molecule has 1 aromatic heterocycles. The highest BCUT2D eigenvalue weighted by molar-refractivity contribution is 6.07. The lowest BCUT2D eigenvalue weighted by molar-refractivity contribution is -0.113. The van der Waals surface area contributed by atoms with Gasteiger partial charge < -0.3 is 16.0 Å². The fourth-order valence-electron chi connectivity index (χ4n) is 4.07. The van der Waals surface area contributed by atoms with Crippen molar-refractivity contribution in [1.29, 1.82) is 0 Å². The summed E-state index contributed by atoms with van der Waals surface area (Å²) in [7, 11) is 0. The standard InChI is InChI=1S/C25H19F2N5O2/c1-13-22(24(33)30-18-6-8-21-16(10-18)12-28-32-21)23(31-25(34)29-13)15-4-2-3-14(9-15)19-7-5-17(26)11-20(19)27/h2-12,23H,1H3,(H,28,32)(H,30,33)(H2,29,31,34). The molecule has 1 aliphatic heterocycles. The summed E-state index contributed by atoms with van der Waals surface area (Å²) >= 11 is 0. The lowest BCUT2D eigenvalue weighted by atomic mass is 9.92. The average Bonchev–Trinajstić information content (AvgIpc) is 3.26. The number of aromatic amines is 1. The van der Waals surface area contributed by atoms with Crippen LogP contribution < -0.4 is 16.0 Å². The first-order valence-corrected chi connectivity index (χ1v) is 10.5. The van der Waals surface area contributed by atoms with Crippen molar-refractivity contribution in [3.63, 3.8) is 0 Å². The van der Waals surface area contributed by atoms with Gasteiger partial charge in [0.05, 0.1) is 23.3 Å². The SMILES string of the molecule is CC1=C(C(=O)Nc2ccc3[nH]ncc3c2)C(c2cccc(-c3ccc(F)cc3F)c2)NC(=O)N1. The molecule has 7 nitrogen and oxygen atoms in total. The van der Waals surface area contributed by atoms with E-state index in [4.69, 9.17) is 0 Å². The Bertz CT molecular complexity index is 1480. The van der Waals surface area contributed by atoms with Gasteiger partial charge in [-0.15, -0.1) is 0 Å². The van der Waals surface area contributed by atoms with Gasteiger partial charge in [-0.1, -0.05) is 18.2 Å². The van der Waals surface area contributed by atoms with Crippen molar-refractivity contribution in [3.8, 4) is 11.1 Å². The van der Waals surface area contributed by atoms with Crippen molar-refractivity contribution < 1.29 is 18.4 Å². The van der Waals surface area contributed by atoms with E-state index in [0.717, 1.165) is 17.0 Å². The zero-order valence-corrected chi connectivity index (χ0v) is 17.9. The molecule has 0 spiro atoms. The monoisotopic (exact) mass is 459 g/mol. The van der Waals surface area contributed by atoms with Crippen molar-refractivity contribution in [1.82, 2.24) is 20.8 Å². The summed E-state index contributed by atoms with van der Waals surface area (Å²) < 4.78 is 27.7. The lowest BCUT2D eigenvalue weighted by Gasteiger charge is -2.29. The maximum absolute atomic E-state index is 14.4. The molecule has 34 heavy (non-hydrogen) atoms. The first-order chi connectivity index (χ1) is 16.4. The van der Waals surface area contributed by atoms with Gasteiger partial charge in [-0.3, -0.25) is 9.89 Å². The van der Waals surface area contributed by atoms with Crippen LogP contribution in [0, 0.1) is 11.6 Å². The lowest BCUT2D eigenvalue weighted by Crippen LogP contribution is -2.46. The number of aromatic nitrogens is 2. The number of fused-ring (bicyclic) bond motifs is 1. The second-order valence-corrected chi connectivity index (χ2v) is 7.95. The number of carbonyl (C=O) groups is 2. The summed E-state index contributed by atoms with van der Waals surface area (Å²) in [5, 5.41) is 15.9. The van der Waals surface area contributed by atoms with Crippen molar-refractivity contribution in [2.24, 2.45) is 0 Å². The van der Waals surface area contributed by atoms with Crippen LogP contribution in [-0.2, 0) is 4.79 Å². The van der Waals surface area contributed by atoms with E-state index >= 15 is 0 Å². The van der Waals surface area contributed by atoms with E-state index in [9.17, 15) is 18.4 Å². The first kappa shape index (κ1) is 21.3. The maximum Gasteiger partial charge on any atom is 0.319 e. The molecule has 4 aromatic rings. The number of nitrogens with zero attached hydrogens (tertiary/aromatic N) is 1. The first-order valence-electron chi connectivity index (χ1n) is 10.5. The van der Waals surface area contributed by atoms with Crippen LogP contribution in [0.15, 0.2) is 78.1 Å². The molecule has 0 fully saturated rings. The minimum absolute atomic E-state index is 0.212. The number of hydrogen-bond acceptors (Lipinski definition) is 3. The Hall–Kier alpha value is -4.53. The number of hydrogen-bond donors (Lipinski definition) is 4. The van der Waals surface area contributed by atoms with Crippen LogP contribution in [0.2, 0.25) is 0 Å². The third-order valence-electron chi connectivity index (χ3n) is 5.67. The molecule has 5 rings (SSSR count). The van der Waals surface area contributed by atoms with Crippen molar-refractivity contribution in [3.05, 3.63) is 95.3 Å². The molecule has 1 unspecified atom stereocenters. The molecular weight excluding hydrogens is 440 g/mol. The highest BCUT2D eigenvalue weighted by Crippen LogP contribution is 2.32. The zero-order valence-electron chi connectivity index (χ0n) is 17.9. The molecule has 1 atom stereocenters. The number of rotatable bonds is 4. The van der Waals surface area contributed by atoms with Gasteiger partial charge in [0.1, 0.15) is 11.6 Å². The van der Waals surface area contributed by atoms with Gasteiger partial charge in [0, 0.05) is 28.4 Å². The van der Waals surface area contributed by atoms with Crippen LogP contribution in [-0.4, -0.2) is 22.1 Å². The summed E-state index contributed by atoms with van der Waals surface area (Å²) in [6.45, 7) is 1.64. The molecule has 3 aromatic carbocycles. The van der Waals surface area contributed by atoms with Gasteiger partial charge in [0.25, 0.3) is 5.91 Å². The van der Waals surface area contributed by atoms with Crippen LogP contribution in [0.1, 0.15) is 18.5 Å². The minimum Gasteiger partial charge on any atom is -0.327 e. The molecule has 0 saturated heterocycles. The van der Waals surface area contributed by atoms with Gasteiger partial charge in [0.2, 0.25) is 0 Å². The molecule has 9 heteroatoms. The van der Waals surface area contributed by atoms with Crippen molar-refractivity contribution in [2.75, 3.05) is 5.32 Å². The predicted molar refractivity (Wildman–Crippen MR) is 124 cm³/mol. The molecule has 0 radical (unpaired) electrons. The molecular formula is C25H19F2N5O2. The number of amides is 3. The number of halogens is 2. The molecule has 170 valence electrons. The molecule has 4 N–H and O–H groups in total. The van der Waals surface area contributed by atoms with Crippen LogP contribution in [0.4, 0.5) is 19.3 Å². The van der Waals surface area contributed by atoms with E-state index in [1.165, 1.54) is 12.1 Å². The number of anilines is 1. The van der Waals surface area contributed by atoms with E-state index in [-0.39, 0.29) is 5.56 Å². The summed E-state index contributed by atoms with van der Waals surface area (Å²) in [4.78, 5) is 25.6. The quantitative estimate of drug-likeness (QED) is 0.354. The van der Waals surface area contributed by atoms with Gasteiger partial charge >= 0.3 is 6.03 Å². The largest absolute Gasteiger partial charge is 0.327 e. The van der Waals surface area contributed by atoms with Crippen LogP contribution in [0.5, 0.6) is 0 Å². The average molecular weight is 459 g/mol. The molecule has 0 bridgehead atoms. The highest BCUT2D eigenvalue weighted by Gasteiger charge is 2.31. The molecule has 1 aliphatic rings. The Morgan fingerprint density at radius 3 is 2.74 bits per heavy atom. The summed E-state index contributed by atoms with van der Waals surface area (Å²) in [6.07, 6.45) is 1.65. The molecule has 0 saturated carbocycles. The fraction of sp³-hybridized carbons (Fsp3) is 0.0800. The Morgan fingerprint density at radius 2 is 1.91 bits per heavy atom. The maximum atomic E-state index is 14.4. The van der Waals surface area contributed by atoms with Crippen LogP contribution in [0.3, 0.4) is 0 Å². The van der Waals surface area contributed by atoms with E-state index < -0.39 is 29.6 Å².